The predicted molar refractivity (Wildman–Crippen MR) is 116 cm³/mol. The van der Waals surface area contributed by atoms with Crippen LogP contribution in [0.4, 0.5) is 24.7 Å². The Labute approximate surface area is 186 Å². The number of aromatic nitrogens is 3. The zero-order valence-corrected chi connectivity index (χ0v) is 16.9. The molecule has 4 aromatic rings. The summed E-state index contributed by atoms with van der Waals surface area (Å²) >= 11 is 0. The van der Waals surface area contributed by atoms with Crippen LogP contribution in [0.15, 0.2) is 79.3 Å². The predicted octanol–water partition coefficient (Wildman–Crippen LogP) is 4.95. The smallest absolute Gasteiger partial charge is 0.406 e. The Morgan fingerprint density at radius 2 is 1.61 bits per heavy atom. The number of alkyl halides is 3. The molecular formula is C23H16F3N5O2. The number of nitrogens with one attached hydrogen (secondary N) is 1. The van der Waals surface area contributed by atoms with Crippen molar-refractivity contribution in [3.63, 3.8) is 0 Å². The minimum atomic E-state index is -4.75. The van der Waals surface area contributed by atoms with Gasteiger partial charge in [-0.25, -0.2) is 9.97 Å². The lowest BCUT2D eigenvalue weighted by Crippen LogP contribution is -2.16. The van der Waals surface area contributed by atoms with E-state index in [1.54, 1.807) is 36.5 Å². The first kappa shape index (κ1) is 21.8. The van der Waals surface area contributed by atoms with Crippen molar-refractivity contribution in [3.05, 3.63) is 84.8 Å². The fourth-order valence-corrected chi connectivity index (χ4v) is 3.05. The molecule has 0 saturated carbocycles. The van der Waals surface area contributed by atoms with E-state index in [1.807, 2.05) is 12.1 Å². The van der Waals surface area contributed by atoms with Gasteiger partial charge in [-0.3, -0.25) is 9.78 Å². The molecule has 2 heterocycles. The second kappa shape index (κ2) is 8.95. The number of primary amides is 1. The summed E-state index contributed by atoms with van der Waals surface area (Å²) in [6.45, 7) is 0. The Morgan fingerprint density at radius 3 is 2.33 bits per heavy atom. The van der Waals surface area contributed by atoms with Gasteiger partial charge in [-0.2, -0.15) is 0 Å². The molecule has 0 atom stereocenters. The van der Waals surface area contributed by atoms with E-state index >= 15 is 0 Å². The highest BCUT2D eigenvalue weighted by Crippen LogP contribution is 2.27. The van der Waals surface area contributed by atoms with E-state index in [9.17, 15) is 18.0 Å². The van der Waals surface area contributed by atoms with Gasteiger partial charge in [0.25, 0.3) is 0 Å². The fourth-order valence-electron chi connectivity index (χ4n) is 3.05. The minimum Gasteiger partial charge on any atom is -0.406 e. The highest BCUT2D eigenvalue weighted by Gasteiger charge is 2.30. The van der Waals surface area contributed by atoms with Crippen molar-refractivity contribution in [2.24, 2.45) is 5.73 Å². The number of anilines is 2. The van der Waals surface area contributed by atoms with Gasteiger partial charge in [0.1, 0.15) is 17.9 Å². The Balaban J connectivity index is 1.55. The molecule has 0 saturated heterocycles. The summed E-state index contributed by atoms with van der Waals surface area (Å²) in [6.07, 6.45) is -1.76. The molecule has 4 rings (SSSR count). The van der Waals surface area contributed by atoms with E-state index < -0.39 is 12.3 Å². The van der Waals surface area contributed by atoms with Crippen LogP contribution in [-0.2, 0) is 0 Å². The first-order valence-electron chi connectivity index (χ1n) is 9.58. The number of amides is 1. The van der Waals surface area contributed by atoms with E-state index in [4.69, 9.17) is 5.73 Å². The topological polar surface area (TPSA) is 103 Å². The molecule has 2 aromatic carbocycles. The fraction of sp³-hybridized carbons (Fsp3) is 0.0435. The molecule has 0 aliphatic heterocycles. The van der Waals surface area contributed by atoms with E-state index in [0.717, 1.165) is 11.1 Å². The summed E-state index contributed by atoms with van der Waals surface area (Å²) in [6, 6.07) is 17.4. The molecular weight excluding hydrogens is 435 g/mol. The Bertz CT molecular complexity index is 1290. The molecule has 0 radical (unpaired) electrons. The Morgan fingerprint density at radius 1 is 0.879 bits per heavy atom. The molecule has 0 spiro atoms. The van der Waals surface area contributed by atoms with Crippen LogP contribution < -0.4 is 15.8 Å². The van der Waals surface area contributed by atoms with Crippen LogP contribution in [0.3, 0.4) is 0 Å². The van der Waals surface area contributed by atoms with E-state index in [2.05, 4.69) is 25.0 Å². The molecule has 3 N–H and O–H groups in total. The van der Waals surface area contributed by atoms with E-state index in [1.165, 1.54) is 30.6 Å². The quantitative estimate of drug-likeness (QED) is 0.430. The molecule has 7 nitrogen and oxygen atoms in total. The number of pyridine rings is 1. The number of halogens is 3. The lowest BCUT2D eigenvalue weighted by atomic mass is 10.0. The standard InChI is InChI=1S/C23H16F3N5O2/c24-23(25,26)33-18-6-4-17(5-7-18)31-21-12-20(29-13-30-21)15-8-9-28-19(11-15)14-2-1-3-16(10-14)22(27)32/h1-13H,(H2,27,32)(H,29,30,31). The van der Waals surface area contributed by atoms with Crippen molar-refractivity contribution in [2.45, 2.75) is 6.36 Å². The number of carbonyl (C=O) groups is 1. The maximum absolute atomic E-state index is 12.3. The van der Waals surface area contributed by atoms with Crippen molar-refractivity contribution in [2.75, 3.05) is 5.32 Å². The molecule has 0 aliphatic carbocycles. The van der Waals surface area contributed by atoms with Gasteiger partial charge in [-0.05, 0) is 48.5 Å². The van der Waals surface area contributed by atoms with Crippen molar-refractivity contribution in [3.8, 4) is 28.3 Å². The van der Waals surface area contributed by atoms with Crippen LogP contribution in [0.5, 0.6) is 5.75 Å². The number of nitrogens with zero attached hydrogens (tertiary/aromatic N) is 3. The summed E-state index contributed by atoms with van der Waals surface area (Å²) in [7, 11) is 0. The van der Waals surface area contributed by atoms with Gasteiger partial charge in [0, 0.05) is 34.6 Å². The monoisotopic (exact) mass is 451 g/mol. The maximum atomic E-state index is 12.3. The number of nitrogens with two attached hydrogens (primary N) is 1. The molecule has 0 aliphatic rings. The van der Waals surface area contributed by atoms with Crippen LogP contribution >= 0.6 is 0 Å². The molecule has 0 fully saturated rings. The molecule has 0 unspecified atom stereocenters. The van der Waals surface area contributed by atoms with Crippen LogP contribution in [0.1, 0.15) is 10.4 Å². The molecule has 1 amide bonds. The van der Waals surface area contributed by atoms with Gasteiger partial charge in [-0.1, -0.05) is 12.1 Å². The first-order valence-corrected chi connectivity index (χ1v) is 9.58. The summed E-state index contributed by atoms with van der Waals surface area (Å²) in [4.78, 5) is 24.3. The second-order valence-electron chi connectivity index (χ2n) is 6.86. The van der Waals surface area contributed by atoms with Gasteiger partial charge in [0.05, 0.1) is 11.4 Å². The maximum Gasteiger partial charge on any atom is 0.573 e. The normalized spacial score (nSPS) is 11.1. The van der Waals surface area contributed by atoms with Crippen LogP contribution in [0.25, 0.3) is 22.5 Å². The number of hydrogen-bond donors (Lipinski definition) is 2. The summed E-state index contributed by atoms with van der Waals surface area (Å²) in [5.41, 5.74) is 8.96. The van der Waals surface area contributed by atoms with Crippen LogP contribution in [0, 0.1) is 0 Å². The highest BCUT2D eigenvalue weighted by molar-refractivity contribution is 5.94. The Hall–Kier alpha value is -4.47. The van der Waals surface area contributed by atoms with Gasteiger partial charge in [0.15, 0.2) is 0 Å². The van der Waals surface area contributed by atoms with E-state index in [0.29, 0.717) is 28.5 Å². The van der Waals surface area contributed by atoms with Crippen molar-refractivity contribution in [1.29, 1.82) is 0 Å². The minimum absolute atomic E-state index is 0.318. The number of benzene rings is 2. The first-order chi connectivity index (χ1) is 15.8. The lowest BCUT2D eigenvalue weighted by molar-refractivity contribution is -0.274. The molecule has 2 aromatic heterocycles. The van der Waals surface area contributed by atoms with Crippen LogP contribution in [-0.4, -0.2) is 27.2 Å². The zero-order valence-electron chi connectivity index (χ0n) is 16.9. The molecule has 10 heteroatoms. The van der Waals surface area contributed by atoms with Crippen molar-refractivity contribution >= 4 is 17.4 Å². The van der Waals surface area contributed by atoms with Gasteiger partial charge >= 0.3 is 6.36 Å². The van der Waals surface area contributed by atoms with Crippen molar-refractivity contribution in [1.82, 2.24) is 15.0 Å². The third-order valence-corrected chi connectivity index (χ3v) is 4.53. The average Bonchev–Trinajstić information content (AvgIpc) is 2.80. The number of rotatable bonds is 6. The highest BCUT2D eigenvalue weighted by atomic mass is 19.4. The van der Waals surface area contributed by atoms with Gasteiger partial charge in [-0.15, -0.1) is 13.2 Å². The van der Waals surface area contributed by atoms with E-state index in [-0.39, 0.29) is 5.75 Å². The summed E-state index contributed by atoms with van der Waals surface area (Å²) < 4.78 is 40.8. The molecule has 0 bridgehead atoms. The van der Waals surface area contributed by atoms with Crippen molar-refractivity contribution < 1.29 is 22.7 Å². The number of hydrogen-bond acceptors (Lipinski definition) is 6. The summed E-state index contributed by atoms with van der Waals surface area (Å²) in [5.74, 6) is -0.405. The van der Waals surface area contributed by atoms with Gasteiger partial charge in [0.2, 0.25) is 5.91 Å². The zero-order chi connectivity index (χ0) is 23.4. The SMILES string of the molecule is NC(=O)c1cccc(-c2cc(-c3cc(Nc4ccc(OC(F)(F)F)cc4)ncn3)ccn2)c1. The van der Waals surface area contributed by atoms with Crippen LogP contribution in [0.2, 0.25) is 0 Å². The largest absolute Gasteiger partial charge is 0.573 e. The van der Waals surface area contributed by atoms with Gasteiger partial charge < -0.3 is 15.8 Å². The number of carbonyl (C=O) groups excluding carboxylic acids is 1. The number of ether oxygens (including phenoxy) is 1. The molecule has 33 heavy (non-hydrogen) atoms. The molecule has 166 valence electrons. The summed E-state index contributed by atoms with van der Waals surface area (Å²) in [5, 5.41) is 3.02. The Kier molecular flexibility index (Phi) is 5.90. The third-order valence-electron chi connectivity index (χ3n) is 4.53. The third kappa shape index (κ3) is 5.62. The lowest BCUT2D eigenvalue weighted by Gasteiger charge is -2.11. The average molecular weight is 451 g/mol. The second-order valence-corrected chi connectivity index (χ2v) is 6.86.